The van der Waals surface area contributed by atoms with Crippen molar-refractivity contribution in [3.63, 3.8) is 0 Å². The molecule has 0 amide bonds. The first-order valence-electron chi connectivity index (χ1n) is 5.97. The smallest absolute Gasteiger partial charge is 0.373 e. The molecule has 3 unspecified atom stereocenters. The van der Waals surface area contributed by atoms with Crippen molar-refractivity contribution in [2.24, 2.45) is 0 Å². The largest absolute Gasteiger partial charge is 0.416 e. The topological polar surface area (TPSA) is 34.2 Å². The number of hydrogen-bond donors (Lipinski definition) is 1. The Morgan fingerprint density at radius 1 is 1.33 bits per heavy atom. The molecular weight excluding hydrogens is 245 g/mol. The molecule has 2 aliphatic heterocycles. The Kier molecular flexibility index (Phi) is 2.69. The van der Waals surface area contributed by atoms with Crippen LogP contribution in [0.3, 0.4) is 0 Å². The predicted molar refractivity (Wildman–Crippen MR) is 59.2 cm³/mol. The highest BCUT2D eigenvalue weighted by Gasteiger charge is 2.41. The van der Waals surface area contributed by atoms with Gasteiger partial charge in [-0.25, -0.2) is 4.98 Å². The third-order valence-electron chi connectivity index (χ3n) is 3.53. The summed E-state index contributed by atoms with van der Waals surface area (Å²) in [4.78, 5) is 3.93. The maximum Gasteiger partial charge on any atom is 0.416 e. The van der Waals surface area contributed by atoms with E-state index in [4.69, 9.17) is 4.74 Å². The second kappa shape index (κ2) is 4.12. The molecule has 2 fully saturated rings. The summed E-state index contributed by atoms with van der Waals surface area (Å²) in [5.74, 6) is 0.269. The third-order valence-corrected chi connectivity index (χ3v) is 3.53. The number of ether oxygens (including phenoxy) is 1. The van der Waals surface area contributed by atoms with Gasteiger partial charge in [0.05, 0.1) is 23.8 Å². The van der Waals surface area contributed by atoms with E-state index in [9.17, 15) is 13.2 Å². The fraction of sp³-hybridized carbons (Fsp3) is 0.583. The molecule has 0 aromatic carbocycles. The summed E-state index contributed by atoms with van der Waals surface area (Å²) in [6.45, 7) is 0. The fourth-order valence-electron chi connectivity index (χ4n) is 2.67. The van der Waals surface area contributed by atoms with E-state index in [2.05, 4.69) is 10.3 Å². The Morgan fingerprint density at radius 3 is 2.78 bits per heavy atom. The van der Waals surface area contributed by atoms with Crippen molar-refractivity contribution < 1.29 is 17.9 Å². The average molecular weight is 258 g/mol. The quantitative estimate of drug-likeness (QED) is 0.885. The molecule has 3 nitrogen and oxygen atoms in total. The summed E-state index contributed by atoms with van der Waals surface area (Å²) in [6, 6.07) is 2.11. The maximum atomic E-state index is 12.6. The Balaban J connectivity index is 1.73. The molecule has 6 heteroatoms. The molecule has 3 atom stereocenters. The predicted octanol–water partition coefficient (Wildman–Crippen LogP) is 2.83. The molecule has 2 saturated heterocycles. The Bertz CT molecular complexity index is 449. The molecule has 1 N–H and O–H groups in total. The van der Waals surface area contributed by atoms with Gasteiger partial charge in [-0.2, -0.15) is 13.2 Å². The number of rotatable bonds is 2. The first-order valence-corrected chi connectivity index (χ1v) is 5.97. The zero-order valence-electron chi connectivity index (χ0n) is 9.57. The van der Waals surface area contributed by atoms with Gasteiger partial charge in [0.2, 0.25) is 0 Å². The summed E-state index contributed by atoms with van der Waals surface area (Å²) in [5.41, 5.74) is -0.677. The highest BCUT2D eigenvalue weighted by atomic mass is 19.4. The molecule has 1 aromatic heterocycles. The number of nitrogens with zero attached hydrogens (tertiary/aromatic N) is 1. The van der Waals surface area contributed by atoms with Crippen molar-refractivity contribution >= 4 is 5.82 Å². The van der Waals surface area contributed by atoms with Gasteiger partial charge in [-0.1, -0.05) is 0 Å². The fourth-order valence-corrected chi connectivity index (χ4v) is 2.67. The van der Waals surface area contributed by atoms with Gasteiger partial charge < -0.3 is 10.1 Å². The Morgan fingerprint density at radius 2 is 2.17 bits per heavy atom. The van der Waals surface area contributed by atoms with Crippen LogP contribution in [0.4, 0.5) is 19.0 Å². The number of alkyl halides is 3. The molecule has 1 aromatic rings. The summed E-state index contributed by atoms with van der Waals surface area (Å²) in [6.07, 6.45) is 0.108. The minimum absolute atomic E-state index is 0.0831. The number of pyridine rings is 1. The van der Waals surface area contributed by atoms with Crippen LogP contribution in [0.25, 0.3) is 0 Å². The van der Waals surface area contributed by atoms with Crippen molar-refractivity contribution in [3.05, 3.63) is 23.9 Å². The minimum Gasteiger partial charge on any atom is -0.373 e. The van der Waals surface area contributed by atoms with Crippen LogP contribution in [-0.4, -0.2) is 23.2 Å². The molecule has 0 spiro atoms. The average Bonchev–Trinajstić information content (AvgIpc) is 2.90. The molecule has 98 valence electrons. The number of hydrogen-bond acceptors (Lipinski definition) is 3. The number of nitrogens with one attached hydrogen (secondary N) is 1. The van der Waals surface area contributed by atoms with Crippen LogP contribution in [0.2, 0.25) is 0 Å². The maximum absolute atomic E-state index is 12.6. The third kappa shape index (κ3) is 2.16. The van der Waals surface area contributed by atoms with E-state index in [-0.39, 0.29) is 24.1 Å². The van der Waals surface area contributed by atoms with Crippen LogP contribution < -0.4 is 5.32 Å². The number of fused-ring (bicyclic) bond motifs is 2. The first-order chi connectivity index (χ1) is 8.52. The van der Waals surface area contributed by atoms with Crippen LogP contribution in [-0.2, 0) is 10.9 Å². The van der Waals surface area contributed by atoms with E-state index in [1.54, 1.807) is 0 Å². The second-order valence-electron chi connectivity index (χ2n) is 4.79. The monoisotopic (exact) mass is 258 g/mol. The van der Waals surface area contributed by atoms with E-state index in [0.29, 0.717) is 0 Å². The van der Waals surface area contributed by atoms with Crippen molar-refractivity contribution in [1.82, 2.24) is 4.98 Å². The molecule has 3 heterocycles. The first kappa shape index (κ1) is 11.8. The van der Waals surface area contributed by atoms with Gasteiger partial charge in [0.25, 0.3) is 0 Å². The van der Waals surface area contributed by atoms with Crippen molar-refractivity contribution in [2.75, 3.05) is 5.32 Å². The summed E-state index contributed by atoms with van der Waals surface area (Å²) >= 11 is 0. The molecule has 0 radical (unpaired) electrons. The molecule has 2 aliphatic rings. The molecule has 0 aliphatic carbocycles. The van der Waals surface area contributed by atoms with Crippen LogP contribution in [0.1, 0.15) is 24.8 Å². The van der Waals surface area contributed by atoms with Gasteiger partial charge in [-0.3, -0.25) is 0 Å². The Hall–Kier alpha value is -1.30. The van der Waals surface area contributed by atoms with E-state index in [1.807, 2.05) is 0 Å². The van der Waals surface area contributed by atoms with Crippen LogP contribution in [0, 0.1) is 0 Å². The molecule has 3 rings (SSSR count). The SMILES string of the molecule is FC(F)(F)c1ccnc(NC2CC3CCC2O3)c1. The van der Waals surface area contributed by atoms with Crippen LogP contribution >= 0.6 is 0 Å². The van der Waals surface area contributed by atoms with Gasteiger partial charge in [0.1, 0.15) is 5.82 Å². The van der Waals surface area contributed by atoms with Crippen molar-refractivity contribution in [1.29, 1.82) is 0 Å². The standard InChI is InChI=1S/C12H13F3N2O/c13-12(14,15)7-3-4-16-11(5-7)17-9-6-8-1-2-10(9)18-8/h3-5,8-10H,1-2,6H2,(H,16,17). The summed E-state index contributed by atoms with van der Waals surface area (Å²) in [5, 5.41) is 3.05. The highest BCUT2D eigenvalue weighted by Crippen LogP contribution is 2.36. The molecule has 18 heavy (non-hydrogen) atoms. The molecule has 2 bridgehead atoms. The van der Waals surface area contributed by atoms with Crippen LogP contribution in [0.5, 0.6) is 0 Å². The summed E-state index contributed by atoms with van der Waals surface area (Å²) < 4.78 is 43.3. The zero-order chi connectivity index (χ0) is 12.8. The number of halogens is 3. The normalized spacial score (nSPS) is 30.7. The lowest BCUT2D eigenvalue weighted by Gasteiger charge is -2.21. The van der Waals surface area contributed by atoms with Gasteiger partial charge in [-0.05, 0) is 31.4 Å². The summed E-state index contributed by atoms with van der Waals surface area (Å²) in [7, 11) is 0. The van der Waals surface area contributed by atoms with E-state index in [0.717, 1.165) is 31.4 Å². The van der Waals surface area contributed by atoms with Crippen molar-refractivity contribution in [2.45, 2.75) is 43.7 Å². The number of anilines is 1. The van der Waals surface area contributed by atoms with Gasteiger partial charge in [-0.15, -0.1) is 0 Å². The van der Waals surface area contributed by atoms with Gasteiger partial charge in [0.15, 0.2) is 0 Å². The van der Waals surface area contributed by atoms with E-state index < -0.39 is 11.7 Å². The Labute approximate surface area is 102 Å². The van der Waals surface area contributed by atoms with E-state index in [1.165, 1.54) is 6.20 Å². The lowest BCUT2D eigenvalue weighted by Crippen LogP contribution is -2.30. The number of aromatic nitrogens is 1. The van der Waals surface area contributed by atoms with Crippen molar-refractivity contribution in [3.8, 4) is 0 Å². The lowest BCUT2D eigenvalue weighted by molar-refractivity contribution is -0.137. The minimum atomic E-state index is -4.33. The highest BCUT2D eigenvalue weighted by molar-refractivity contribution is 5.40. The zero-order valence-corrected chi connectivity index (χ0v) is 9.57. The lowest BCUT2D eigenvalue weighted by atomic mass is 9.95. The molecule has 0 saturated carbocycles. The second-order valence-corrected chi connectivity index (χ2v) is 4.79. The van der Waals surface area contributed by atoms with Gasteiger partial charge >= 0.3 is 6.18 Å². The van der Waals surface area contributed by atoms with Crippen LogP contribution in [0.15, 0.2) is 18.3 Å². The van der Waals surface area contributed by atoms with E-state index >= 15 is 0 Å². The molecular formula is C12H13F3N2O. The van der Waals surface area contributed by atoms with Gasteiger partial charge in [0, 0.05) is 6.20 Å².